The number of benzene rings is 2. The number of amides is 2. The average Bonchev–Trinajstić information content (AvgIpc) is 2.73. The van der Waals surface area contributed by atoms with Crippen LogP contribution in [0.15, 0.2) is 66.0 Å². The van der Waals surface area contributed by atoms with Crippen LogP contribution in [0.1, 0.15) is 31.1 Å². The Hall–Kier alpha value is -3.59. The molecule has 2 amide bonds. The van der Waals surface area contributed by atoms with E-state index in [1.807, 2.05) is 24.5 Å². The number of rotatable bonds is 6. The second-order valence-corrected chi connectivity index (χ2v) is 8.43. The molecular formula is C23H24N4O4S. The molecule has 0 saturated heterocycles. The molecule has 166 valence electrons. The summed E-state index contributed by atoms with van der Waals surface area (Å²) in [5.41, 5.74) is 0.679. The Balaban J connectivity index is 1.82. The first kappa shape index (κ1) is 23.1. The molecule has 0 fully saturated rings. The molecule has 1 aromatic heterocycles. The molecule has 2 N–H and O–H groups in total. The van der Waals surface area contributed by atoms with Crippen LogP contribution in [0.5, 0.6) is 11.6 Å². The second-order valence-electron chi connectivity index (χ2n) is 7.65. The molecule has 3 rings (SSSR count). The van der Waals surface area contributed by atoms with Crippen molar-refractivity contribution >= 4 is 35.1 Å². The summed E-state index contributed by atoms with van der Waals surface area (Å²) in [4.78, 5) is 33.4. The number of carbonyl (C=O) groups is 2. The number of carbonyl (C=O) groups excluding carboxylic acids is 2. The van der Waals surface area contributed by atoms with Crippen LogP contribution >= 0.6 is 11.8 Å². The molecule has 0 spiro atoms. The van der Waals surface area contributed by atoms with Crippen molar-refractivity contribution in [1.82, 2.24) is 9.97 Å². The van der Waals surface area contributed by atoms with Crippen molar-refractivity contribution in [1.29, 1.82) is 0 Å². The van der Waals surface area contributed by atoms with Gasteiger partial charge in [-0.3, -0.25) is 10.1 Å². The Morgan fingerprint density at radius 3 is 2.38 bits per heavy atom. The SMILES string of the molecule is CSc1ncc(C(=O)Nc2ccccc2)c(Oc2cccc(NC(=O)OC(C)(C)C)c2)n1. The molecule has 0 saturated carbocycles. The fraction of sp³-hybridized carbons (Fsp3) is 0.217. The van der Waals surface area contributed by atoms with E-state index < -0.39 is 17.6 Å². The Kier molecular flexibility index (Phi) is 7.32. The minimum atomic E-state index is -0.617. The monoisotopic (exact) mass is 452 g/mol. The molecule has 2 aromatic carbocycles. The number of hydrogen-bond acceptors (Lipinski definition) is 7. The summed E-state index contributed by atoms with van der Waals surface area (Å²) >= 11 is 1.33. The van der Waals surface area contributed by atoms with Gasteiger partial charge in [0.25, 0.3) is 5.91 Å². The predicted molar refractivity (Wildman–Crippen MR) is 125 cm³/mol. The van der Waals surface area contributed by atoms with Crippen LogP contribution in [0, 0.1) is 0 Å². The highest BCUT2D eigenvalue weighted by Gasteiger charge is 2.19. The first-order chi connectivity index (χ1) is 15.2. The van der Waals surface area contributed by atoms with Gasteiger partial charge in [0.05, 0.1) is 0 Å². The lowest BCUT2D eigenvalue weighted by molar-refractivity contribution is 0.0635. The van der Waals surface area contributed by atoms with Crippen molar-refractivity contribution in [3.8, 4) is 11.6 Å². The van der Waals surface area contributed by atoms with Gasteiger partial charge in [0.2, 0.25) is 5.88 Å². The number of ether oxygens (including phenoxy) is 2. The third-order valence-corrected chi connectivity index (χ3v) is 4.45. The van der Waals surface area contributed by atoms with Crippen LogP contribution in [-0.4, -0.2) is 33.8 Å². The Morgan fingerprint density at radius 2 is 1.69 bits per heavy atom. The van der Waals surface area contributed by atoms with E-state index >= 15 is 0 Å². The maximum Gasteiger partial charge on any atom is 0.412 e. The van der Waals surface area contributed by atoms with Crippen LogP contribution in [0.3, 0.4) is 0 Å². The van der Waals surface area contributed by atoms with Crippen LogP contribution < -0.4 is 15.4 Å². The van der Waals surface area contributed by atoms with Gasteiger partial charge in [-0.1, -0.05) is 36.0 Å². The molecular weight excluding hydrogens is 428 g/mol. The predicted octanol–water partition coefficient (Wildman–Crippen LogP) is 5.59. The van der Waals surface area contributed by atoms with Crippen LogP contribution in [0.25, 0.3) is 0 Å². The molecule has 8 nitrogen and oxygen atoms in total. The highest BCUT2D eigenvalue weighted by molar-refractivity contribution is 7.98. The van der Waals surface area contributed by atoms with E-state index in [-0.39, 0.29) is 11.4 Å². The Bertz CT molecular complexity index is 1100. The zero-order valence-electron chi connectivity index (χ0n) is 18.2. The van der Waals surface area contributed by atoms with E-state index in [4.69, 9.17) is 9.47 Å². The molecule has 0 bridgehead atoms. The van der Waals surface area contributed by atoms with Crippen LogP contribution in [0.4, 0.5) is 16.2 Å². The molecule has 0 atom stereocenters. The van der Waals surface area contributed by atoms with E-state index in [1.54, 1.807) is 57.2 Å². The van der Waals surface area contributed by atoms with Crippen LogP contribution in [-0.2, 0) is 4.74 Å². The van der Waals surface area contributed by atoms with Gasteiger partial charge in [-0.25, -0.2) is 9.78 Å². The van der Waals surface area contributed by atoms with E-state index in [9.17, 15) is 9.59 Å². The van der Waals surface area contributed by atoms with Crippen molar-refractivity contribution in [2.24, 2.45) is 0 Å². The highest BCUT2D eigenvalue weighted by atomic mass is 32.2. The highest BCUT2D eigenvalue weighted by Crippen LogP contribution is 2.28. The minimum Gasteiger partial charge on any atom is -0.444 e. The lowest BCUT2D eigenvalue weighted by Crippen LogP contribution is -2.27. The smallest absolute Gasteiger partial charge is 0.412 e. The molecule has 3 aromatic rings. The molecule has 9 heteroatoms. The number of anilines is 2. The summed E-state index contributed by atoms with van der Waals surface area (Å²) in [7, 11) is 0. The normalized spacial score (nSPS) is 10.9. The zero-order valence-corrected chi connectivity index (χ0v) is 19.0. The molecule has 0 aliphatic rings. The van der Waals surface area contributed by atoms with Gasteiger partial charge in [-0.05, 0) is 51.3 Å². The number of nitrogens with one attached hydrogen (secondary N) is 2. The van der Waals surface area contributed by atoms with Crippen molar-refractivity contribution < 1.29 is 19.1 Å². The number of nitrogens with zero attached hydrogens (tertiary/aromatic N) is 2. The lowest BCUT2D eigenvalue weighted by Gasteiger charge is -2.19. The first-order valence-corrected chi connectivity index (χ1v) is 11.0. The quantitative estimate of drug-likeness (QED) is 0.371. The summed E-state index contributed by atoms with van der Waals surface area (Å²) in [6, 6.07) is 15.8. The molecule has 32 heavy (non-hydrogen) atoms. The molecule has 0 radical (unpaired) electrons. The fourth-order valence-corrected chi connectivity index (χ4v) is 2.91. The Labute approximate surface area is 190 Å². The summed E-state index contributed by atoms with van der Waals surface area (Å²) in [6.07, 6.45) is 2.67. The van der Waals surface area contributed by atoms with Gasteiger partial charge >= 0.3 is 6.09 Å². The molecule has 0 unspecified atom stereocenters. The summed E-state index contributed by atoms with van der Waals surface area (Å²) in [5, 5.41) is 5.92. The number of para-hydroxylation sites is 1. The van der Waals surface area contributed by atoms with E-state index in [0.29, 0.717) is 22.3 Å². The minimum absolute atomic E-state index is 0.104. The van der Waals surface area contributed by atoms with Crippen LogP contribution in [0.2, 0.25) is 0 Å². The third-order valence-electron chi connectivity index (χ3n) is 3.88. The van der Waals surface area contributed by atoms with Crippen molar-refractivity contribution in [2.45, 2.75) is 31.5 Å². The van der Waals surface area contributed by atoms with Gasteiger partial charge in [-0.2, -0.15) is 4.98 Å². The van der Waals surface area contributed by atoms with Crippen molar-refractivity contribution in [2.75, 3.05) is 16.9 Å². The summed E-state index contributed by atoms with van der Waals surface area (Å²) < 4.78 is 11.2. The lowest BCUT2D eigenvalue weighted by atomic mass is 10.2. The van der Waals surface area contributed by atoms with E-state index in [1.165, 1.54) is 18.0 Å². The standard InChI is InChI=1S/C23H24N4O4S/c1-23(2,3)31-22(29)26-16-11-8-12-17(13-16)30-20-18(14-24-21(27-20)32-4)19(28)25-15-9-6-5-7-10-15/h5-14H,1-4H3,(H,25,28)(H,26,29). The van der Waals surface area contributed by atoms with Gasteiger partial charge in [-0.15, -0.1) is 0 Å². The summed E-state index contributed by atoms with van der Waals surface area (Å²) in [6.45, 7) is 5.35. The second kappa shape index (κ2) is 10.1. The van der Waals surface area contributed by atoms with E-state index in [0.717, 1.165) is 0 Å². The Morgan fingerprint density at radius 1 is 0.969 bits per heavy atom. The summed E-state index contributed by atoms with van der Waals surface area (Å²) in [5.74, 6) is 0.0900. The number of hydrogen-bond donors (Lipinski definition) is 2. The average molecular weight is 453 g/mol. The molecule has 1 heterocycles. The van der Waals surface area contributed by atoms with Crippen molar-refractivity contribution in [3.63, 3.8) is 0 Å². The third kappa shape index (κ3) is 6.71. The first-order valence-electron chi connectivity index (χ1n) is 9.79. The maximum atomic E-state index is 12.8. The van der Waals surface area contributed by atoms with Crippen molar-refractivity contribution in [3.05, 3.63) is 66.4 Å². The number of aromatic nitrogens is 2. The van der Waals surface area contributed by atoms with Gasteiger partial charge in [0.15, 0.2) is 5.16 Å². The molecule has 0 aliphatic heterocycles. The number of thioether (sulfide) groups is 1. The maximum absolute atomic E-state index is 12.8. The van der Waals surface area contributed by atoms with Gasteiger partial charge in [0.1, 0.15) is 16.9 Å². The fourth-order valence-electron chi connectivity index (χ4n) is 2.57. The van der Waals surface area contributed by atoms with Gasteiger partial charge < -0.3 is 14.8 Å². The molecule has 0 aliphatic carbocycles. The zero-order chi connectivity index (χ0) is 23.1. The van der Waals surface area contributed by atoms with Gasteiger partial charge in [0, 0.05) is 23.6 Å². The van der Waals surface area contributed by atoms with E-state index in [2.05, 4.69) is 20.6 Å². The topological polar surface area (TPSA) is 102 Å². The largest absolute Gasteiger partial charge is 0.444 e.